The summed E-state index contributed by atoms with van der Waals surface area (Å²) >= 11 is 5.92. The molecule has 0 spiro atoms. The number of sulfonamides is 6. The lowest BCUT2D eigenvalue weighted by molar-refractivity contribution is -0.137. The molecule has 0 saturated heterocycles. The van der Waals surface area contributed by atoms with Crippen LogP contribution in [-0.4, -0.2) is 149 Å². The summed E-state index contributed by atoms with van der Waals surface area (Å²) in [5.41, 5.74) is 9.45. The van der Waals surface area contributed by atoms with E-state index in [4.69, 9.17) is 14.3 Å². The molecule has 14 aromatic rings. The molecule has 14 rings (SSSR count). The molecule has 0 unspecified atom stereocenters. The van der Waals surface area contributed by atoms with Gasteiger partial charge in [0.2, 0.25) is 30.0 Å². The number of hydrogen-bond donors (Lipinski definition) is 6. The van der Waals surface area contributed by atoms with Crippen molar-refractivity contribution in [1.82, 2.24) is 65.8 Å². The Hall–Kier alpha value is -12.6. The Labute approximate surface area is 765 Å². The summed E-state index contributed by atoms with van der Waals surface area (Å²) in [5.74, 6) is 0.554. The third kappa shape index (κ3) is 30.6. The van der Waals surface area contributed by atoms with E-state index in [2.05, 4.69) is 99.0 Å². The number of halogens is 3. The van der Waals surface area contributed by atoms with Crippen molar-refractivity contribution in [2.45, 2.75) is 114 Å². The number of thioether (sulfide) groups is 1. The minimum Gasteiger partial charge on any atom is -0.472 e. The van der Waals surface area contributed by atoms with Gasteiger partial charge >= 0.3 is 17.3 Å². The number of ether oxygens (including phenoxy) is 4. The average molecular weight is 2020 g/mol. The number of hydrogen-bond acceptors (Lipinski definition) is 39. The molecule has 0 amide bonds. The van der Waals surface area contributed by atoms with Crippen LogP contribution in [0.15, 0.2) is 226 Å². The maximum atomic E-state index is 13.0. The third-order valence-corrected chi connectivity index (χ3v) is 29.8. The maximum Gasteiger partial charge on any atom is 0.416 e. The highest BCUT2D eigenvalue weighted by Gasteiger charge is 2.31. The lowest BCUT2D eigenvalue weighted by Crippen LogP contribution is -2.12. The highest BCUT2D eigenvalue weighted by molar-refractivity contribution is 7.98. The molecule has 0 aliphatic rings. The number of furan rings is 1. The second-order valence-corrected chi connectivity index (χ2v) is 41.8. The average Bonchev–Trinajstić information content (AvgIpc) is 1.64. The lowest BCUT2D eigenvalue weighted by Gasteiger charge is -2.12. The van der Waals surface area contributed by atoms with E-state index < -0.39 is 82.2 Å². The molecular formula is C75H72F3N19O21S12. The fourth-order valence-electron chi connectivity index (χ4n) is 9.91. The molecule has 7 N–H and O–H groups in total. The Morgan fingerprint density at radius 1 is 0.492 bits per heavy atom. The van der Waals surface area contributed by atoms with Gasteiger partial charge in [0.1, 0.15) is 18.7 Å². The largest absolute Gasteiger partial charge is 0.472 e. The molecule has 40 nitrogen and oxygen atoms in total. The van der Waals surface area contributed by atoms with Gasteiger partial charge in [-0.25, -0.2) is 60.4 Å². The zero-order valence-corrected chi connectivity index (χ0v) is 78.0. The van der Waals surface area contributed by atoms with Crippen LogP contribution < -0.4 is 33.5 Å². The van der Waals surface area contributed by atoms with Crippen LogP contribution in [0.4, 0.5) is 38.8 Å². The Morgan fingerprint density at radius 3 is 1.29 bits per heavy atom. The highest BCUT2D eigenvalue weighted by atomic mass is 32.3. The van der Waals surface area contributed by atoms with Crippen LogP contribution in [-0.2, 0) is 127 Å². The van der Waals surface area contributed by atoms with Crippen LogP contribution in [0.3, 0.4) is 0 Å². The van der Waals surface area contributed by atoms with Crippen molar-refractivity contribution in [3.8, 4) is 16.6 Å². The molecule has 7 heterocycles. The number of alkyl halides is 3. The number of aromatic nitrogens is 13. The Morgan fingerprint density at radius 2 is 0.915 bits per heavy atom. The number of primary sulfonamides is 1. The Balaban J connectivity index is 0.000000180. The molecule has 0 bridgehead atoms. The van der Waals surface area contributed by atoms with E-state index in [9.17, 15) is 82.9 Å². The number of esters is 1. The summed E-state index contributed by atoms with van der Waals surface area (Å²) in [5, 5.41) is 50.9. The normalized spacial score (nSPS) is 11.4. The number of nitrogens with one attached hydrogen (secondary N) is 5. The van der Waals surface area contributed by atoms with Crippen molar-refractivity contribution in [2.75, 3.05) is 30.7 Å². The molecular weight excluding hydrogens is 1940 g/mol. The number of carbonyl (C=O) groups is 4. The van der Waals surface area contributed by atoms with Crippen molar-refractivity contribution in [2.24, 2.45) is 5.14 Å². The molecule has 0 aliphatic carbocycles. The molecule has 0 saturated carbocycles. The summed E-state index contributed by atoms with van der Waals surface area (Å²) in [6, 6.07) is 44.1. The van der Waals surface area contributed by atoms with Crippen molar-refractivity contribution in [3.63, 3.8) is 0 Å². The summed E-state index contributed by atoms with van der Waals surface area (Å²) < 4.78 is 217. The highest BCUT2D eigenvalue weighted by Crippen LogP contribution is 2.35. The van der Waals surface area contributed by atoms with Crippen molar-refractivity contribution in [3.05, 3.63) is 254 Å². The number of rotatable bonds is 32. The molecule has 0 radical (unpaired) electrons. The molecule has 7 aromatic heterocycles. The van der Waals surface area contributed by atoms with E-state index in [1.54, 1.807) is 97.5 Å². The Kier molecular flexibility index (Phi) is 35.9. The number of carbonyl (C=O) groups excluding carboxylic acids is 4. The van der Waals surface area contributed by atoms with E-state index in [1.807, 2.05) is 58.2 Å². The quantitative estimate of drug-likeness (QED) is 0.00987. The van der Waals surface area contributed by atoms with Gasteiger partial charge < -0.3 is 23.4 Å². The van der Waals surface area contributed by atoms with E-state index in [-0.39, 0.29) is 88.0 Å². The first kappa shape index (κ1) is 101. The van der Waals surface area contributed by atoms with E-state index in [0.717, 1.165) is 108 Å². The number of nitrogens with zero attached hydrogens (tertiary/aromatic N) is 13. The van der Waals surface area contributed by atoms with Crippen molar-refractivity contribution >= 4 is 180 Å². The zero-order chi connectivity index (χ0) is 94.6. The lowest BCUT2D eigenvalue weighted by atomic mass is 10.0. The molecule has 686 valence electrons. The third-order valence-electron chi connectivity index (χ3n) is 16.3. The van der Waals surface area contributed by atoms with Gasteiger partial charge in [0, 0.05) is 16.9 Å². The maximum absolute atomic E-state index is 13.0. The van der Waals surface area contributed by atoms with Gasteiger partial charge in [-0.1, -0.05) is 176 Å². The first-order valence-corrected chi connectivity index (χ1v) is 50.4. The predicted octanol–water partition coefficient (Wildman–Crippen LogP) is 12.0. The van der Waals surface area contributed by atoms with Gasteiger partial charge in [-0.2, -0.15) is 13.2 Å². The van der Waals surface area contributed by atoms with Crippen LogP contribution in [0.1, 0.15) is 77.4 Å². The number of methoxy groups -OCH3 is 1. The van der Waals surface area contributed by atoms with E-state index in [0.29, 0.717) is 55.8 Å². The second kappa shape index (κ2) is 46.1. The summed E-state index contributed by atoms with van der Waals surface area (Å²) in [6.07, 6.45) is -0.480. The smallest absolute Gasteiger partial charge is 0.416 e. The van der Waals surface area contributed by atoms with Crippen LogP contribution in [0.25, 0.3) is 11.4 Å². The minimum absolute atomic E-state index is 0.0254. The molecule has 130 heavy (non-hydrogen) atoms. The second-order valence-electron chi connectivity index (χ2n) is 25.9. The van der Waals surface area contributed by atoms with Crippen molar-refractivity contribution < 1.29 is 106 Å². The SMILES string of the molecule is CCc1ccc(C(=O)OC)cc1CSc1nnc(-c2ccc(C(F)(F)F)cc2)n1Cc1ccoc1.Cc1ccc(S(=O)(=O)Nc2nnc(COC=O)s2)cc1.Cc1ccc(S(=O)(=O)Nc2nnc(COC=O)s2)cc1.Cc1ccc(S(=O)(=O)Nc2nnc(OC=O)s2)cc1.Cc1ccc(S(=O)(=O)Nc2nnc(S(N)(=O)=O)s2)cc1.Cc1ccc(S(=O)(=O)Nc2nncs2)cc1. The van der Waals surface area contributed by atoms with Crippen LogP contribution in [0.2, 0.25) is 0 Å². The molecule has 55 heteroatoms. The minimum atomic E-state index is -4.42. The number of anilines is 5. The molecule has 0 atom stereocenters. The first-order valence-electron chi connectivity index (χ1n) is 36.3. The van der Waals surface area contributed by atoms with Crippen LogP contribution in [0, 0.1) is 34.6 Å². The first-order chi connectivity index (χ1) is 61.6. The number of benzene rings is 7. The Bertz CT molecular complexity index is 6740. The van der Waals surface area contributed by atoms with Gasteiger partial charge in [-0.3, -0.25) is 42.6 Å². The van der Waals surface area contributed by atoms with Gasteiger partial charge in [0.15, 0.2) is 21.0 Å². The number of aryl methyl sites for hydroxylation is 6. The van der Waals surface area contributed by atoms with Gasteiger partial charge in [0.25, 0.3) is 79.6 Å². The summed E-state index contributed by atoms with van der Waals surface area (Å²) in [7, 11) is -21.1. The number of nitrogens with two attached hydrogens (primary N) is 1. The molecule has 0 aliphatic heterocycles. The molecule has 0 fully saturated rings. The van der Waals surface area contributed by atoms with Gasteiger partial charge in [-0.15, -0.1) is 56.1 Å². The zero-order valence-electron chi connectivity index (χ0n) is 68.2. The van der Waals surface area contributed by atoms with Crippen LogP contribution >= 0.6 is 68.4 Å². The fraction of sp³-hybridized carbons (Fsp3) is 0.173. The summed E-state index contributed by atoms with van der Waals surface area (Å²) in [4.78, 5) is 42.8. The van der Waals surface area contributed by atoms with Crippen LogP contribution in [0.5, 0.6) is 5.19 Å². The fourth-order valence-corrected chi connectivity index (χ4v) is 20.7. The molecule has 7 aromatic carbocycles. The predicted molar refractivity (Wildman–Crippen MR) is 474 cm³/mol. The topological polar surface area (TPSA) is 569 Å². The van der Waals surface area contributed by atoms with Gasteiger partial charge in [-0.05, 0) is 154 Å². The summed E-state index contributed by atoms with van der Waals surface area (Å²) in [6.45, 7) is 12.4. The monoisotopic (exact) mass is 2020 g/mol. The standard InChI is InChI=1S/C25H22F3N3O3S.2C11H11N3O4S2.C10H9N3O4S2.C9H10N4O4S3.C9H9N3O2S2/c1-3-17-4-5-19(23(32)33-2)12-20(17)15-35-24-30-29-22(31(24)13-16-10-11-34-14-16)18-6-8-21(9-7-18)25(26,27)28;2*1-8-2-4-9(5-3-8)20(16,17)14-11-13-12-10(19-11)6-18-7-15;1-7-2-4-8(5-3-7)19(15,16)13-9-11-12-10(18-9)17-6-14;1-6-2-4-7(5-3-6)20(16,17)13-8-11-12-9(18-8)19(10,14)15;1-7-2-4-8(5-3-7)16(13,14)12-9-11-10-6-15-9/h4-12,14H,3,13,15H2,1-2H3;2*2-5,7H,6H2,1H3,(H,13,14);2-6H,1H3,(H,11,13);2-5H,1H3,(H,11,13)(H2,10,14,15);2-6H,1H3,(H,11,12). The van der Waals surface area contributed by atoms with E-state index >= 15 is 0 Å². The van der Waals surface area contributed by atoms with Gasteiger partial charge in [0.05, 0.1) is 61.8 Å². The van der Waals surface area contributed by atoms with Crippen molar-refractivity contribution in [1.29, 1.82) is 0 Å². The van der Waals surface area contributed by atoms with E-state index in [1.165, 1.54) is 85.0 Å².